The highest BCUT2D eigenvalue weighted by molar-refractivity contribution is 5.79. The van der Waals surface area contributed by atoms with Crippen LogP contribution in [-0.2, 0) is 4.79 Å². The highest BCUT2D eigenvalue weighted by Crippen LogP contribution is 2.50. The Morgan fingerprint density at radius 2 is 1.94 bits per heavy atom. The number of carboxylic acid groups (broad SMARTS) is 1. The molecular weight excluding hydrogens is 224 g/mol. The van der Waals surface area contributed by atoms with Crippen LogP contribution >= 0.6 is 0 Å². The van der Waals surface area contributed by atoms with Crippen molar-refractivity contribution >= 4 is 12.0 Å². The zero-order valence-electron chi connectivity index (χ0n) is 10.4. The summed E-state index contributed by atoms with van der Waals surface area (Å²) in [5.74, 6) is -0.880. The van der Waals surface area contributed by atoms with Gasteiger partial charge in [0.25, 0.3) is 0 Å². The topological polar surface area (TPSA) is 98.7 Å². The van der Waals surface area contributed by atoms with Crippen LogP contribution in [0.15, 0.2) is 0 Å². The summed E-state index contributed by atoms with van der Waals surface area (Å²) in [7, 11) is 0. The van der Waals surface area contributed by atoms with Crippen LogP contribution in [0.4, 0.5) is 4.79 Å². The highest BCUT2D eigenvalue weighted by atomic mass is 16.4. The molecule has 2 unspecified atom stereocenters. The lowest BCUT2D eigenvalue weighted by atomic mass is 10.1. The number of amides is 2. The van der Waals surface area contributed by atoms with Gasteiger partial charge in [0, 0.05) is 6.54 Å². The van der Waals surface area contributed by atoms with Crippen molar-refractivity contribution in [3.05, 3.63) is 0 Å². The second kappa shape index (κ2) is 4.52. The number of rotatable bonds is 5. The summed E-state index contributed by atoms with van der Waals surface area (Å²) in [6.07, 6.45) is 1.08. The van der Waals surface area contributed by atoms with Gasteiger partial charge >= 0.3 is 12.0 Å². The van der Waals surface area contributed by atoms with Gasteiger partial charge in [0.2, 0.25) is 0 Å². The Hall–Kier alpha value is -1.30. The third-order valence-electron chi connectivity index (χ3n) is 3.28. The van der Waals surface area contributed by atoms with Gasteiger partial charge in [-0.3, -0.25) is 0 Å². The molecule has 1 fully saturated rings. The van der Waals surface area contributed by atoms with Gasteiger partial charge in [0.05, 0.1) is 6.54 Å². The largest absolute Gasteiger partial charge is 0.479 e. The molecule has 0 bridgehead atoms. The first-order valence-corrected chi connectivity index (χ1v) is 5.62. The molecule has 0 radical (unpaired) electrons. The first-order valence-electron chi connectivity index (χ1n) is 5.62. The second-order valence-electron chi connectivity index (χ2n) is 5.53. The number of carboxylic acids is 1. The maximum Gasteiger partial charge on any atom is 0.337 e. The second-order valence-corrected chi connectivity index (χ2v) is 5.53. The molecule has 1 aliphatic rings. The van der Waals surface area contributed by atoms with E-state index in [0.29, 0.717) is 17.9 Å². The molecule has 0 aromatic rings. The van der Waals surface area contributed by atoms with Crippen molar-refractivity contribution in [1.29, 1.82) is 0 Å². The van der Waals surface area contributed by atoms with E-state index in [4.69, 9.17) is 5.11 Å². The summed E-state index contributed by atoms with van der Waals surface area (Å²) < 4.78 is 0. The average molecular weight is 244 g/mol. The Labute approximate surface area is 100 Å². The molecule has 1 rings (SSSR count). The molecule has 1 aliphatic carbocycles. The predicted octanol–water partition coefficient (Wildman–Crippen LogP) is 0.167. The van der Waals surface area contributed by atoms with Crippen molar-refractivity contribution in [1.82, 2.24) is 10.6 Å². The van der Waals surface area contributed by atoms with Gasteiger partial charge in [0.1, 0.15) is 0 Å². The van der Waals surface area contributed by atoms with Gasteiger partial charge < -0.3 is 20.8 Å². The Balaban J connectivity index is 2.20. The molecule has 0 spiro atoms. The number of carbonyl (C=O) groups excluding carboxylic acids is 1. The summed E-state index contributed by atoms with van der Waals surface area (Å²) in [6.45, 7) is 5.66. The fourth-order valence-electron chi connectivity index (χ4n) is 1.53. The Morgan fingerprint density at radius 1 is 1.41 bits per heavy atom. The molecule has 1 saturated carbocycles. The average Bonchev–Trinajstić information content (AvgIpc) is 2.80. The summed E-state index contributed by atoms with van der Waals surface area (Å²) in [5, 5.41) is 23.0. The Kier molecular flexibility index (Phi) is 3.66. The molecule has 4 N–H and O–H groups in total. The molecule has 98 valence electrons. The maximum atomic E-state index is 11.3. The van der Waals surface area contributed by atoms with Crippen molar-refractivity contribution < 1.29 is 19.8 Å². The van der Waals surface area contributed by atoms with E-state index in [1.807, 2.05) is 0 Å². The van der Waals surface area contributed by atoms with Crippen LogP contribution in [0.1, 0.15) is 27.2 Å². The van der Waals surface area contributed by atoms with Gasteiger partial charge in [-0.25, -0.2) is 9.59 Å². The van der Waals surface area contributed by atoms with Crippen LogP contribution in [-0.4, -0.2) is 40.9 Å². The van der Waals surface area contributed by atoms with E-state index in [-0.39, 0.29) is 6.54 Å². The zero-order chi connectivity index (χ0) is 13.3. The first-order chi connectivity index (χ1) is 7.65. The number of hydrogen-bond acceptors (Lipinski definition) is 3. The lowest BCUT2D eigenvalue weighted by Gasteiger charge is -2.18. The lowest BCUT2D eigenvalue weighted by Crippen LogP contribution is -2.49. The third-order valence-corrected chi connectivity index (χ3v) is 3.28. The molecule has 2 atom stereocenters. The number of carbonyl (C=O) groups is 2. The summed E-state index contributed by atoms with van der Waals surface area (Å²) in [5.41, 5.74) is -1.64. The highest BCUT2D eigenvalue weighted by Gasteiger charge is 2.45. The minimum absolute atomic E-state index is 0.292. The van der Waals surface area contributed by atoms with Crippen LogP contribution in [0, 0.1) is 11.3 Å². The number of hydrogen-bond donors (Lipinski definition) is 4. The molecule has 0 aliphatic heterocycles. The first kappa shape index (κ1) is 13.8. The number of nitrogens with one attached hydrogen (secondary N) is 2. The minimum atomic E-state index is -1.93. The van der Waals surface area contributed by atoms with Crippen molar-refractivity contribution in [2.24, 2.45) is 11.3 Å². The van der Waals surface area contributed by atoms with E-state index in [1.54, 1.807) is 0 Å². The minimum Gasteiger partial charge on any atom is -0.479 e. The van der Waals surface area contributed by atoms with Gasteiger partial charge in [0.15, 0.2) is 5.60 Å². The number of aliphatic carboxylic acids is 1. The molecule has 0 saturated heterocycles. The van der Waals surface area contributed by atoms with E-state index >= 15 is 0 Å². The number of urea groups is 1. The molecule has 0 heterocycles. The van der Waals surface area contributed by atoms with Crippen LogP contribution < -0.4 is 10.6 Å². The van der Waals surface area contributed by atoms with Crippen LogP contribution in [0.2, 0.25) is 0 Å². The standard InChI is InChI=1S/C11H20N2O4/c1-10(2)4-7(10)5-12-9(16)13-6-11(3,17)8(14)15/h7,17H,4-6H2,1-3H3,(H,14,15)(H2,12,13,16). The van der Waals surface area contributed by atoms with Gasteiger partial charge in [-0.05, 0) is 24.7 Å². The molecule has 2 amide bonds. The summed E-state index contributed by atoms with van der Waals surface area (Å²) in [4.78, 5) is 21.9. The number of aliphatic hydroxyl groups is 1. The van der Waals surface area contributed by atoms with E-state index in [9.17, 15) is 14.7 Å². The SMILES string of the molecule is CC(O)(CNC(=O)NCC1CC1(C)C)C(=O)O. The molecule has 6 heteroatoms. The van der Waals surface area contributed by atoms with Gasteiger partial charge in [-0.1, -0.05) is 13.8 Å². The summed E-state index contributed by atoms with van der Waals surface area (Å²) >= 11 is 0. The van der Waals surface area contributed by atoms with Gasteiger partial charge in [-0.2, -0.15) is 0 Å². The van der Waals surface area contributed by atoms with E-state index in [2.05, 4.69) is 24.5 Å². The molecular formula is C11H20N2O4. The predicted molar refractivity (Wildman–Crippen MR) is 61.5 cm³/mol. The zero-order valence-corrected chi connectivity index (χ0v) is 10.4. The Bertz CT molecular complexity index is 325. The van der Waals surface area contributed by atoms with E-state index in [0.717, 1.165) is 13.3 Å². The normalized spacial score (nSPS) is 24.6. The van der Waals surface area contributed by atoms with E-state index < -0.39 is 17.6 Å². The quantitative estimate of drug-likeness (QED) is 0.554. The smallest absolute Gasteiger partial charge is 0.337 e. The van der Waals surface area contributed by atoms with Crippen molar-refractivity contribution in [2.45, 2.75) is 32.8 Å². The van der Waals surface area contributed by atoms with Crippen molar-refractivity contribution in [3.63, 3.8) is 0 Å². The molecule has 6 nitrogen and oxygen atoms in total. The third kappa shape index (κ3) is 3.89. The van der Waals surface area contributed by atoms with Gasteiger partial charge in [-0.15, -0.1) is 0 Å². The van der Waals surface area contributed by atoms with Crippen molar-refractivity contribution in [3.8, 4) is 0 Å². The molecule has 0 aromatic carbocycles. The Morgan fingerprint density at radius 3 is 2.35 bits per heavy atom. The molecule has 0 aromatic heterocycles. The van der Waals surface area contributed by atoms with Crippen LogP contribution in [0.3, 0.4) is 0 Å². The van der Waals surface area contributed by atoms with Crippen LogP contribution in [0.25, 0.3) is 0 Å². The maximum absolute atomic E-state index is 11.3. The fourth-order valence-corrected chi connectivity index (χ4v) is 1.53. The summed E-state index contributed by atoms with van der Waals surface area (Å²) in [6, 6.07) is -0.450. The monoisotopic (exact) mass is 244 g/mol. The van der Waals surface area contributed by atoms with E-state index in [1.165, 1.54) is 0 Å². The fraction of sp³-hybridized carbons (Fsp3) is 0.818. The lowest BCUT2D eigenvalue weighted by molar-refractivity contribution is -0.155. The van der Waals surface area contributed by atoms with Crippen LogP contribution in [0.5, 0.6) is 0 Å². The van der Waals surface area contributed by atoms with Crippen molar-refractivity contribution in [2.75, 3.05) is 13.1 Å². The molecule has 17 heavy (non-hydrogen) atoms.